The van der Waals surface area contributed by atoms with Gasteiger partial charge in [0.05, 0.1) is 10.3 Å². The monoisotopic (exact) mass is 395 g/mol. The van der Waals surface area contributed by atoms with E-state index in [0.29, 0.717) is 15.4 Å². The van der Waals surface area contributed by atoms with E-state index >= 15 is 0 Å². The van der Waals surface area contributed by atoms with Gasteiger partial charge in [-0.25, -0.2) is 0 Å². The van der Waals surface area contributed by atoms with Gasteiger partial charge >= 0.3 is 0 Å². The minimum atomic E-state index is 0.0102. The van der Waals surface area contributed by atoms with Gasteiger partial charge in [-0.15, -0.1) is 35.3 Å². The molecule has 0 radical (unpaired) electrons. The van der Waals surface area contributed by atoms with E-state index in [-0.39, 0.29) is 5.91 Å². The third kappa shape index (κ3) is 5.38. The molecular formula is C18H18ClNOS3. The van der Waals surface area contributed by atoms with Crippen LogP contribution in [0.3, 0.4) is 0 Å². The van der Waals surface area contributed by atoms with E-state index in [1.54, 1.807) is 0 Å². The fourth-order valence-electron chi connectivity index (χ4n) is 2.32. The normalized spacial score (nSPS) is 15.2. The predicted octanol–water partition coefficient (Wildman–Crippen LogP) is 5.94. The first-order valence-corrected chi connectivity index (χ1v) is 11.2. The van der Waals surface area contributed by atoms with Gasteiger partial charge in [0.1, 0.15) is 0 Å². The van der Waals surface area contributed by atoms with Crippen molar-refractivity contribution in [2.24, 2.45) is 0 Å². The highest BCUT2D eigenvalue weighted by molar-refractivity contribution is 8.16. The molecule has 2 nitrogen and oxygen atoms in total. The maximum atomic E-state index is 12.2. The second-order valence-electron chi connectivity index (χ2n) is 5.34. The fraction of sp³-hybridized carbons (Fsp3) is 0.278. The van der Waals surface area contributed by atoms with Crippen LogP contribution in [0.25, 0.3) is 0 Å². The van der Waals surface area contributed by atoms with Crippen molar-refractivity contribution < 1.29 is 4.79 Å². The number of nitrogens with one attached hydrogen (secondary N) is 1. The number of thioether (sulfide) groups is 3. The molecule has 3 rings (SSSR count). The first kappa shape index (κ1) is 18.1. The summed E-state index contributed by atoms with van der Waals surface area (Å²) < 4.78 is 0.485. The summed E-state index contributed by atoms with van der Waals surface area (Å²) >= 11 is 11.4. The predicted molar refractivity (Wildman–Crippen MR) is 110 cm³/mol. The van der Waals surface area contributed by atoms with Gasteiger partial charge in [-0.05, 0) is 59.9 Å². The standard InChI is InChI=1S/C18H18ClNOS3/c19-14-5-7-16(8-6-14)24-12-17(21)20-15-4-1-3-13(11-15)18-22-9-2-10-23-18/h1,3-8,11,18H,2,9-10,12H2,(H,20,21). The zero-order valence-electron chi connectivity index (χ0n) is 13.0. The van der Waals surface area contributed by atoms with Crippen LogP contribution in [0.2, 0.25) is 5.02 Å². The van der Waals surface area contributed by atoms with Crippen molar-refractivity contribution in [3.63, 3.8) is 0 Å². The number of anilines is 1. The van der Waals surface area contributed by atoms with Crippen molar-refractivity contribution in [3.05, 3.63) is 59.1 Å². The minimum absolute atomic E-state index is 0.0102. The quantitative estimate of drug-likeness (QED) is 0.634. The molecule has 126 valence electrons. The van der Waals surface area contributed by atoms with Gasteiger partial charge in [0, 0.05) is 15.6 Å². The Morgan fingerprint density at radius 1 is 1.17 bits per heavy atom. The molecule has 0 aliphatic carbocycles. The van der Waals surface area contributed by atoms with Gasteiger partial charge in [0.25, 0.3) is 0 Å². The zero-order valence-corrected chi connectivity index (χ0v) is 16.2. The van der Waals surface area contributed by atoms with E-state index in [0.717, 1.165) is 10.6 Å². The Morgan fingerprint density at radius 2 is 1.92 bits per heavy atom. The molecule has 1 aliphatic heterocycles. The number of hydrogen-bond donors (Lipinski definition) is 1. The van der Waals surface area contributed by atoms with E-state index < -0.39 is 0 Å². The fourth-order valence-corrected chi connectivity index (χ4v) is 6.02. The molecule has 0 saturated carbocycles. The highest BCUT2D eigenvalue weighted by Gasteiger charge is 2.17. The lowest BCUT2D eigenvalue weighted by molar-refractivity contribution is -0.113. The van der Waals surface area contributed by atoms with Crippen molar-refractivity contribution >= 4 is 58.5 Å². The molecule has 1 fully saturated rings. The summed E-state index contributed by atoms with van der Waals surface area (Å²) in [6, 6.07) is 15.8. The number of carbonyl (C=O) groups is 1. The zero-order chi connectivity index (χ0) is 16.8. The number of hydrogen-bond acceptors (Lipinski definition) is 4. The van der Waals surface area contributed by atoms with Crippen LogP contribution < -0.4 is 5.32 Å². The smallest absolute Gasteiger partial charge is 0.234 e. The Bertz CT molecular complexity index is 687. The van der Waals surface area contributed by atoms with Crippen molar-refractivity contribution in [1.82, 2.24) is 0 Å². The van der Waals surface area contributed by atoms with Crippen LogP contribution in [-0.4, -0.2) is 23.2 Å². The largest absolute Gasteiger partial charge is 0.325 e. The molecule has 6 heteroatoms. The third-order valence-corrected chi connectivity index (χ3v) is 7.73. The molecule has 0 spiro atoms. The Labute approximate surface area is 160 Å². The second kappa shape index (κ2) is 9.09. The molecule has 0 bridgehead atoms. The summed E-state index contributed by atoms with van der Waals surface area (Å²) in [6.45, 7) is 0. The second-order valence-corrected chi connectivity index (χ2v) is 9.55. The summed E-state index contributed by atoms with van der Waals surface area (Å²) in [5, 5.41) is 3.71. The van der Waals surface area contributed by atoms with Crippen LogP contribution in [0.5, 0.6) is 0 Å². The van der Waals surface area contributed by atoms with Gasteiger partial charge in [-0.3, -0.25) is 4.79 Å². The third-order valence-electron chi connectivity index (χ3n) is 3.45. The number of rotatable bonds is 5. The lowest BCUT2D eigenvalue weighted by Crippen LogP contribution is -2.14. The Hall–Kier alpha value is -0.750. The Kier molecular flexibility index (Phi) is 6.84. The van der Waals surface area contributed by atoms with E-state index in [2.05, 4.69) is 17.4 Å². The highest BCUT2D eigenvalue weighted by Crippen LogP contribution is 2.44. The molecule has 0 unspecified atom stereocenters. The van der Waals surface area contributed by atoms with E-state index in [1.807, 2.05) is 59.9 Å². The topological polar surface area (TPSA) is 29.1 Å². The molecule has 1 aliphatic rings. The van der Waals surface area contributed by atoms with E-state index in [1.165, 1.54) is 35.3 Å². The molecule has 2 aromatic carbocycles. The Morgan fingerprint density at radius 3 is 2.67 bits per heavy atom. The molecule has 2 aromatic rings. The molecule has 1 amide bonds. The summed E-state index contributed by atoms with van der Waals surface area (Å²) in [6.07, 6.45) is 1.28. The summed E-state index contributed by atoms with van der Waals surface area (Å²) in [4.78, 5) is 13.2. The molecular weight excluding hydrogens is 378 g/mol. The maximum absolute atomic E-state index is 12.2. The Balaban J connectivity index is 1.55. The van der Waals surface area contributed by atoms with Crippen LogP contribution in [0.4, 0.5) is 5.69 Å². The van der Waals surface area contributed by atoms with Gasteiger partial charge in [0.2, 0.25) is 5.91 Å². The molecule has 1 N–H and O–H groups in total. The summed E-state index contributed by atoms with van der Waals surface area (Å²) in [5.41, 5.74) is 2.16. The first-order chi connectivity index (χ1) is 11.7. The average molecular weight is 396 g/mol. The molecule has 0 aromatic heterocycles. The lowest BCUT2D eigenvalue weighted by atomic mass is 10.2. The van der Waals surface area contributed by atoms with Crippen LogP contribution in [0.15, 0.2) is 53.4 Å². The van der Waals surface area contributed by atoms with Gasteiger partial charge < -0.3 is 5.32 Å². The molecule has 0 atom stereocenters. The van der Waals surface area contributed by atoms with Crippen LogP contribution in [0.1, 0.15) is 16.6 Å². The molecule has 1 saturated heterocycles. The first-order valence-electron chi connectivity index (χ1n) is 7.72. The number of carbonyl (C=O) groups excluding carboxylic acids is 1. The highest BCUT2D eigenvalue weighted by atomic mass is 35.5. The molecule has 24 heavy (non-hydrogen) atoms. The SMILES string of the molecule is O=C(CSc1ccc(Cl)cc1)Nc1cccc(C2SCCCS2)c1. The summed E-state index contributed by atoms with van der Waals surface area (Å²) in [7, 11) is 0. The van der Waals surface area contributed by atoms with Crippen molar-refractivity contribution in [2.75, 3.05) is 22.6 Å². The van der Waals surface area contributed by atoms with Crippen LogP contribution in [-0.2, 0) is 4.79 Å². The van der Waals surface area contributed by atoms with Gasteiger partial charge in [-0.2, -0.15) is 0 Å². The molecule has 1 heterocycles. The summed E-state index contributed by atoms with van der Waals surface area (Å²) in [5.74, 6) is 2.83. The number of amides is 1. The minimum Gasteiger partial charge on any atom is -0.325 e. The van der Waals surface area contributed by atoms with Gasteiger partial charge in [0.15, 0.2) is 0 Å². The van der Waals surface area contributed by atoms with Crippen LogP contribution >= 0.6 is 46.9 Å². The van der Waals surface area contributed by atoms with Crippen molar-refractivity contribution in [3.8, 4) is 0 Å². The average Bonchev–Trinajstić information content (AvgIpc) is 2.62. The lowest BCUT2D eigenvalue weighted by Gasteiger charge is -2.21. The van der Waals surface area contributed by atoms with Crippen LogP contribution in [0, 0.1) is 0 Å². The maximum Gasteiger partial charge on any atom is 0.234 e. The van der Waals surface area contributed by atoms with E-state index in [9.17, 15) is 4.79 Å². The van der Waals surface area contributed by atoms with Crippen molar-refractivity contribution in [2.45, 2.75) is 15.9 Å². The van der Waals surface area contributed by atoms with Gasteiger partial charge in [-0.1, -0.05) is 23.7 Å². The number of benzene rings is 2. The van der Waals surface area contributed by atoms with E-state index in [4.69, 9.17) is 11.6 Å². The number of halogens is 1. The van der Waals surface area contributed by atoms with Crippen molar-refractivity contribution in [1.29, 1.82) is 0 Å².